The Balaban J connectivity index is 1.69. The highest BCUT2D eigenvalue weighted by Crippen LogP contribution is 2.29. The summed E-state index contributed by atoms with van der Waals surface area (Å²) in [5, 5.41) is 19.9. The minimum atomic E-state index is -0.682. The van der Waals surface area contributed by atoms with Crippen molar-refractivity contribution < 1.29 is 14.6 Å². The number of nitrogens with one attached hydrogen (secondary N) is 1. The molecule has 1 fully saturated rings. The van der Waals surface area contributed by atoms with Crippen LogP contribution in [0.3, 0.4) is 0 Å². The van der Waals surface area contributed by atoms with Crippen LogP contribution < -0.4 is 10.4 Å². The number of hydrogen-bond donors (Lipinski definition) is 1. The molecule has 0 saturated heterocycles. The van der Waals surface area contributed by atoms with Crippen molar-refractivity contribution in [3.8, 4) is 0 Å². The summed E-state index contributed by atoms with van der Waals surface area (Å²) in [7, 11) is 0. The van der Waals surface area contributed by atoms with E-state index in [4.69, 9.17) is 0 Å². The Morgan fingerprint density at radius 2 is 1.62 bits per heavy atom. The van der Waals surface area contributed by atoms with Gasteiger partial charge in [0, 0.05) is 24.0 Å². The van der Waals surface area contributed by atoms with Crippen LogP contribution in [0, 0.1) is 0 Å². The maximum atomic E-state index is 12.7. The zero-order valence-electron chi connectivity index (χ0n) is 14.5. The lowest BCUT2D eigenvalue weighted by Crippen LogP contribution is -2.47. The molecule has 5 nitrogen and oxygen atoms in total. The van der Waals surface area contributed by atoms with E-state index in [1.54, 1.807) is 12.1 Å². The second kappa shape index (κ2) is 7.12. The molecular formula is C21H21N3O2. The number of rotatable bonds is 3. The van der Waals surface area contributed by atoms with Crippen LogP contribution in [0.25, 0.3) is 0 Å². The lowest BCUT2D eigenvalue weighted by molar-refractivity contribution is -0.571. The topological polar surface area (TPSA) is 67.5 Å². The van der Waals surface area contributed by atoms with Crippen LogP contribution in [0.1, 0.15) is 47.6 Å². The summed E-state index contributed by atoms with van der Waals surface area (Å²) in [6.07, 6.45) is 4.16. The number of amides is 1. The maximum absolute atomic E-state index is 12.7. The molecule has 0 spiro atoms. The number of nitrogens with zero attached hydrogens (tertiary/aromatic N) is 2. The molecule has 0 aromatic heterocycles. The molecule has 1 amide bonds. The highest BCUT2D eigenvalue weighted by Gasteiger charge is 2.43. The highest BCUT2D eigenvalue weighted by atomic mass is 16.3. The van der Waals surface area contributed by atoms with Crippen molar-refractivity contribution in [1.29, 1.82) is 0 Å². The smallest absolute Gasteiger partial charge is 0.252 e. The monoisotopic (exact) mass is 347 g/mol. The minimum absolute atomic E-state index is 0.252. The first-order valence-corrected chi connectivity index (χ1v) is 9.04. The van der Waals surface area contributed by atoms with E-state index in [1.807, 2.05) is 53.2 Å². The summed E-state index contributed by atoms with van der Waals surface area (Å²) in [6.45, 7) is 0. The van der Waals surface area contributed by atoms with Gasteiger partial charge in [0.05, 0.1) is 5.90 Å². The molecule has 2 aromatic carbocycles. The zero-order chi connectivity index (χ0) is 17.9. The fourth-order valence-electron chi connectivity index (χ4n) is 3.73. The first-order valence-electron chi connectivity index (χ1n) is 9.04. The van der Waals surface area contributed by atoms with Crippen molar-refractivity contribution in [2.24, 2.45) is 5.10 Å². The van der Waals surface area contributed by atoms with Crippen molar-refractivity contribution >= 4 is 17.5 Å². The molecule has 0 radical (unpaired) electrons. The number of hydrazone groups is 1. The van der Waals surface area contributed by atoms with E-state index in [2.05, 4.69) is 10.4 Å². The lowest BCUT2D eigenvalue weighted by atomic mass is 9.99. The molecule has 26 heavy (non-hydrogen) atoms. The summed E-state index contributed by atoms with van der Waals surface area (Å²) < 4.78 is 1.86. The highest BCUT2D eigenvalue weighted by molar-refractivity contribution is 5.97. The van der Waals surface area contributed by atoms with E-state index in [0.29, 0.717) is 5.56 Å². The van der Waals surface area contributed by atoms with E-state index in [0.717, 1.165) is 31.2 Å². The van der Waals surface area contributed by atoms with Gasteiger partial charge in [0.25, 0.3) is 5.91 Å². The Morgan fingerprint density at radius 3 is 2.27 bits per heavy atom. The predicted octanol–water partition coefficient (Wildman–Crippen LogP) is 2.24. The van der Waals surface area contributed by atoms with Crippen LogP contribution >= 0.6 is 0 Å². The van der Waals surface area contributed by atoms with Crippen molar-refractivity contribution in [2.45, 2.75) is 37.8 Å². The average molecular weight is 347 g/mol. The number of hydrogen-bond acceptors (Lipinski definition) is 3. The molecule has 1 saturated carbocycles. The molecular weight excluding hydrogens is 326 g/mol. The fourth-order valence-corrected chi connectivity index (χ4v) is 3.73. The van der Waals surface area contributed by atoms with Gasteiger partial charge >= 0.3 is 0 Å². The molecule has 0 bridgehead atoms. The molecule has 2 aromatic rings. The van der Waals surface area contributed by atoms with Crippen LogP contribution in [0.15, 0.2) is 65.8 Å². The summed E-state index contributed by atoms with van der Waals surface area (Å²) in [5.41, 5.74) is 2.71. The van der Waals surface area contributed by atoms with Gasteiger partial charge in [-0.3, -0.25) is 4.79 Å². The van der Waals surface area contributed by atoms with E-state index < -0.39 is 6.04 Å². The molecule has 2 aliphatic rings. The molecule has 5 heteroatoms. The molecule has 1 aliphatic carbocycles. The van der Waals surface area contributed by atoms with Crippen LogP contribution in [0.5, 0.6) is 0 Å². The summed E-state index contributed by atoms with van der Waals surface area (Å²) >= 11 is 0. The molecule has 2 atom stereocenters. The normalized spacial score (nSPS) is 22.4. The van der Waals surface area contributed by atoms with E-state index in [1.165, 1.54) is 5.71 Å². The van der Waals surface area contributed by atoms with Gasteiger partial charge in [0.1, 0.15) is 6.04 Å². The first kappa shape index (κ1) is 16.5. The van der Waals surface area contributed by atoms with E-state index in [9.17, 15) is 9.90 Å². The largest absolute Gasteiger partial charge is 0.856 e. The fraction of sp³-hybridized carbons (Fsp3) is 0.286. The van der Waals surface area contributed by atoms with E-state index >= 15 is 0 Å². The van der Waals surface area contributed by atoms with Gasteiger partial charge < -0.3 is 10.4 Å². The average Bonchev–Trinajstić information content (AvgIpc) is 3.32. The quantitative estimate of drug-likeness (QED) is 0.865. The van der Waals surface area contributed by atoms with Gasteiger partial charge in [-0.1, -0.05) is 53.2 Å². The maximum Gasteiger partial charge on any atom is 0.252 e. The summed E-state index contributed by atoms with van der Waals surface area (Å²) in [6, 6.07) is 17.8. The van der Waals surface area contributed by atoms with Gasteiger partial charge in [-0.05, 0) is 30.1 Å². The van der Waals surface area contributed by atoms with Crippen molar-refractivity contribution in [3.63, 3.8) is 0 Å². The Bertz CT molecular complexity index is 851. The van der Waals surface area contributed by atoms with Gasteiger partial charge in [0.15, 0.2) is 5.71 Å². The van der Waals surface area contributed by atoms with Gasteiger partial charge in [-0.15, -0.1) is 0 Å². The van der Waals surface area contributed by atoms with Crippen molar-refractivity contribution in [1.82, 2.24) is 5.32 Å². The molecule has 1 heterocycles. The Hall–Kier alpha value is -2.95. The summed E-state index contributed by atoms with van der Waals surface area (Å²) in [4.78, 5) is 12.6. The van der Waals surface area contributed by atoms with Crippen LogP contribution in [-0.2, 0) is 0 Å². The van der Waals surface area contributed by atoms with Crippen molar-refractivity contribution in [3.05, 3.63) is 71.8 Å². The number of benzene rings is 2. The molecule has 4 rings (SSSR count). The minimum Gasteiger partial charge on any atom is -0.856 e. The molecule has 1 N–H and O–H groups in total. The Kier molecular flexibility index (Phi) is 4.52. The second-order valence-electron chi connectivity index (χ2n) is 6.73. The standard InChI is InChI=1S/C21H21N3O2/c25-20(16-11-5-2-6-12-16)22-18-19(15-9-3-1-4-10-15)24(23-21(18)26)17-13-7-8-14-17/h1-6,9-12,18-19H,7-8,13-14H2,(H-,22,23,25,26)/t18-,19-/m1/s1. The molecule has 0 unspecified atom stereocenters. The van der Waals surface area contributed by atoms with Gasteiger partial charge in [-0.2, -0.15) is 0 Å². The zero-order valence-corrected chi connectivity index (χ0v) is 14.5. The number of carbonyl (C=O) groups excluding carboxylic acids is 1. The van der Waals surface area contributed by atoms with Gasteiger partial charge in [0.2, 0.25) is 6.04 Å². The molecule has 1 aliphatic heterocycles. The Morgan fingerprint density at radius 1 is 1.00 bits per heavy atom. The Labute approximate surface area is 152 Å². The van der Waals surface area contributed by atoms with Crippen LogP contribution in [0.2, 0.25) is 0 Å². The third-order valence-electron chi connectivity index (χ3n) is 5.02. The van der Waals surface area contributed by atoms with Crippen molar-refractivity contribution in [2.75, 3.05) is 0 Å². The first-order chi connectivity index (χ1) is 12.7. The van der Waals surface area contributed by atoms with Crippen LogP contribution in [-0.4, -0.2) is 28.2 Å². The third kappa shape index (κ3) is 3.12. The van der Waals surface area contributed by atoms with E-state index in [-0.39, 0.29) is 17.8 Å². The lowest BCUT2D eigenvalue weighted by Gasteiger charge is -2.20. The molecule has 132 valence electrons. The predicted molar refractivity (Wildman–Crippen MR) is 98.0 cm³/mol. The SMILES string of the molecule is O=C(N[C@H]1C([O-])=N[N+](=C2CCCC2)[C@@H]1c1ccccc1)c1ccccc1. The van der Waals surface area contributed by atoms with Crippen LogP contribution in [0.4, 0.5) is 0 Å². The second-order valence-corrected chi connectivity index (χ2v) is 6.73. The summed E-state index contributed by atoms with van der Waals surface area (Å²) in [5.74, 6) is -0.541. The van der Waals surface area contributed by atoms with Gasteiger partial charge in [-0.25, -0.2) is 0 Å². The third-order valence-corrected chi connectivity index (χ3v) is 5.02. The number of carbonyl (C=O) groups is 1.